The predicted molar refractivity (Wildman–Crippen MR) is 106 cm³/mol. The van der Waals surface area contributed by atoms with Gasteiger partial charge in [-0.05, 0) is 49.7 Å². The molecule has 28 heavy (non-hydrogen) atoms. The van der Waals surface area contributed by atoms with Crippen LogP contribution in [0.2, 0.25) is 0 Å². The lowest BCUT2D eigenvalue weighted by Gasteiger charge is -2.12. The fraction of sp³-hybridized carbons (Fsp3) is 0.200. The summed E-state index contributed by atoms with van der Waals surface area (Å²) in [6, 6.07) is 9.14. The lowest BCUT2D eigenvalue weighted by atomic mass is 10.2. The molecule has 0 saturated carbocycles. The Bertz CT molecular complexity index is 1270. The van der Waals surface area contributed by atoms with Gasteiger partial charge in [0.25, 0.3) is 5.56 Å². The maximum atomic E-state index is 13.0. The van der Waals surface area contributed by atoms with Crippen molar-refractivity contribution in [3.05, 3.63) is 64.2 Å². The summed E-state index contributed by atoms with van der Waals surface area (Å²) in [5.74, 6) is -0.544. The van der Waals surface area contributed by atoms with Crippen molar-refractivity contribution in [1.82, 2.24) is 19.2 Å². The van der Waals surface area contributed by atoms with Gasteiger partial charge >= 0.3 is 5.97 Å². The fourth-order valence-electron chi connectivity index (χ4n) is 3.08. The van der Waals surface area contributed by atoms with E-state index in [0.29, 0.717) is 11.3 Å². The average Bonchev–Trinajstić information content (AvgIpc) is 3.01. The Morgan fingerprint density at radius 3 is 2.86 bits per heavy atom. The van der Waals surface area contributed by atoms with E-state index in [1.54, 1.807) is 29.9 Å². The molecule has 0 atom stereocenters. The molecule has 3 heterocycles. The van der Waals surface area contributed by atoms with Crippen molar-refractivity contribution in [3.63, 3.8) is 0 Å². The van der Waals surface area contributed by atoms with Crippen LogP contribution in [-0.4, -0.2) is 31.7 Å². The van der Waals surface area contributed by atoms with Crippen molar-refractivity contribution in [1.29, 1.82) is 0 Å². The van der Waals surface area contributed by atoms with Crippen molar-refractivity contribution in [2.24, 2.45) is 7.05 Å². The smallest absolute Gasteiger partial charge is 0.347 e. The number of hydrogen-bond donors (Lipinski definition) is 1. The van der Waals surface area contributed by atoms with Crippen molar-refractivity contribution in [2.45, 2.75) is 13.8 Å². The molecule has 4 aromatic rings. The first kappa shape index (κ1) is 17.7. The SMILES string of the molecule is CCOC(=O)c1c(Nc2ccc3nn(C)cc3c2)nc2cc(C)ccn2c1=O. The van der Waals surface area contributed by atoms with E-state index >= 15 is 0 Å². The summed E-state index contributed by atoms with van der Waals surface area (Å²) in [4.78, 5) is 29.9. The second kappa shape index (κ2) is 6.80. The summed E-state index contributed by atoms with van der Waals surface area (Å²) in [6.07, 6.45) is 3.49. The van der Waals surface area contributed by atoms with Crippen LogP contribution in [0.4, 0.5) is 11.5 Å². The van der Waals surface area contributed by atoms with E-state index in [-0.39, 0.29) is 18.0 Å². The number of aryl methyl sites for hydroxylation is 2. The third-order valence-corrected chi connectivity index (χ3v) is 4.35. The molecule has 0 saturated heterocycles. The first-order valence-corrected chi connectivity index (χ1v) is 8.87. The molecule has 0 aliphatic rings. The Kier molecular flexibility index (Phi) is 4.31. The first-order valence-electron chi connectivity index (χ1n) is 8.87. The van der Waals surface area contributed by atoms with Crippen LogP contribution in [0.5, 0.6) is 0 Å². The number of rotatable bonds is 4. The van der Waals surface area contributed by atoms with Crippen molar-refractivity contribution in [2.75, 3.05) is 11.9 Å². The Labute approximate surface area is 160 Å². The Morgan fingerprint density at radius 2 is 2.07 bits per heavy atom. The Hall–Kier alpha value is -3.68. The molecule has 0 fully saturated rings. The molecule has 3 aromatic heterocycles. The van der Waals surface area contributed by atoms with Gasteiger partial charge in [-0.25, -0.2) is 9.78 Å². The molecule has 142 valence electrons. The predicted octanol–water partition coefficient (Wildman–Crippen LogP) is 2.81. The highest BCUT2D eigenvalue weighted by atomic mass is 16.5. The summed E-state index contributed by atoms with van der Waals surface area (Å²) in [5, 5.41) is 8.37. The number of carbonyl (C=O) groups excluding carboxylic acids is 1. The highest BCUT2D eigenvalue weighted by Crippen LogP contribution is 2.23. The molecule has 1 aromatic carbocycles. The second-order valence-electron chi connectivity index (χ2n) is 6.49. The van der Waals surface area contributed by atoms with Crippen LogP contribution in [0.25, 0.3) is 16.6 Å². The number of nitrogens with one attached hydrogen (secondary N) is 1. The largest absolute Gasteiger partial charge is 0.462 e. The molecule has 8 heteroatoms. The zero-order valence-corrected chi connectivity index (χ0v) is 15.8. The van der Waals surface area contributed by atoms with Crippen LogP contribution in [0.1, 0.15) is 22.8 Å². The minimum atomic E-state index is -0.708. The molecular weight excluding hydrogens is 358 g/mol. The van der Waals surface area contributed by atoms with Crippen LogP contribution in [0.3, 0.4) is 0 Å². The third kappa shape index (κ3) is 3.09. The molecule has 1 N–H and O–H groups in total. The van der Waals surface area contributed by atoms with Crippen LogP contribution in [-0.2, 0) is 11.8 Å². The Morgan fingerprint density at radius 1 is 1.25 bits per heavy atom. The van der Waals surface area contributed by atoms with Crippen LogP contribution >= 0.6 is 0 Å². The first-order chi connectivity index (χ1) is 13.5. The number of aromatic nitrogens is 4. The van der Waals surface area contributed by atoms with E-state index in [2.05, 4.69) is 15.4 Å². The summed E-state index contributed by atoms with van der Waals surface area (Å²) in [7, 11) is 1.85. The summed E-state index contributed by atoms with van der Waals surface area (Å²) in [6.45, 7) is 3.77. The van der Waals surface area contributed by atoms with E-state index in [4.69, 9.17) is 4.74 Å². The lowest BCUT2D eigenvalue weighted by molar-refractivity contribution is 0.0525. The van der Waals surface area contributed by atoms with Gasteiger partial charge in [-0.15, -0.1) is 0 Å². The monoisotopic (exact) mass is 377 g/mol. The van der Waals surface area contributed by atoms with Crippen LogP contribution in [0.15, 0.2) is 47.5 Å². The summed E-state index contributed by atoms with van der Waals surface area (Å²) >= 11 is 0. The lowest BCUT2D eigenvalue weighted by Crippen LogP contribution is -2.26. The zero-order chi connectivity index (χ0) is 19.8. The van der Waals surface area contributed by atoms with Gasteiger partial charge < -0.3 is 10.1 Å². The molecule has 4 rings (SSSR count). The maximum absolute atomic E-state index is 13.0. The zero-order valence-electron chi connectivity index (χ0n) is 15.8. The van der Waals surface area contributed by atoms with Gasteiger partial charge in [0.05, 0.1) is 12.1 Å². The quantitative estimate of drug-likeness (QED) is 0.550. The number of carbonyl (C=O) groups is 1. The molecule has 8 nitrogen and oxygen atoms in total. The van der Waals surface area contributed by atoms with Gasteiger partial charge in [0.1, 0.15) is 5.65 Å². The van der Waals surface area contributed by atoms with Crippen molar-refractivity contribution in [3.8, 4) is 0 Å². The number of ether oxygens (including phenoxy) is 1. The molecular formula is C20H19N5O3. The van der Waals surface area contributed by atoms with Gasteiger partial charge in [-0.1, -0.05) is 0 Å². The Balaban J connectivity index is 1.88. The minimum Gasteiger partial charge on any atom is -0.462 e. The van der Waals surface area contributed by atoms with Crippen molar-refractivity contribution >= 4 is 34.0 Å². The number of nitrogens with zero attached hydrogens (tertiary/aromatic N) is 4. The molecule has 0 amide bonds. The highest BCUT2D eigenvalue weighted by Gasteiger charge is 2.21. The van der Waals surface area contributed by atoms with Gasteiger partial charge in [0.15, 0.2) is 11.4 Å². The van der Waals surface area contributed by atoms with Gasteiger partial charge in [-0.2, -0.15) is 5.10 Å². The number of benzene rings is 1. The van der Waals surface area contributed by atoms with E-state index in [1.165, 1.54) is 4.40 Å². The summed E-state index contributed by atoms with van der Waals surface area (Å²) in [5.41, 5.74) is 2.33. The van der Waals surface area contributed by atoms with Gasteiger partial charge in [-0.3, -0.25) is 13.9 Å². The van der Waals surface area contributed by atoms with Crippen LogP contribution in [0, 0.1) is 6.92 Å². The van der Waals surface area contributed by atoms with Gasteiger partial charge in [0, 0.05) is 30.5 Å². The van der Waals surface area contributed by atoms with Crippen molar-refractivity contribution < 1.29 is 9.53 Å². The number of hydrogen-bond acceptors (Lipinski definition) is 6. The standard InChI is InChI=1S/C20H19N5O3/c1-4-28-20(27)17-18(22-16-9-12(2)7-8-25(16)19(17)26)21-14-5-6-15-13(10-14)11-24(3)23-15/h5-11,21H,4H2,1-3H3. The summed E-state index contributed by atoms with van der Waals surface area (Å²) < 4.78 is 8.15. The number of pyridine rings is 1. The fourth-order valence-corrected chi connectivity index (χ4v) is 3.08. The van der Waals surface area contributed by atoms with Gasteiger partial charge in [0.2, 0.25) is 0 Å². The topological polar surface area (TPSA) is 90.5 Å². The second-order valence-corrected chi connectivity index (χ2v) is 6.49. The van der Waals surface area contributed by atoms with E-state index < -0.39 is 11.5 Å². The molecule has 0 spiro atoms. The third-order valence-electron chi connectivity index (χ3n) is 4.35. The average molecular weight is 377 g/mol. The molecule has 0 unspecified atom stereocenters. The van der Waals surface area contributed by atoms with Crippen LogP contribution < -0.4 is 10.9 Å². The molecule has 0 radical (unpaired) electrons. The number of anilines is 2. The normalized spacial score (nSPS) is 11.1. The molecule has 0 bridgehead atoms. The molecule has 0 aliphatic heterocycles. The maximum Gasteiger partial charge on any atom is 0.347 e. The molecule has 0 aliphatic carbocycles. The minimum absolute atomic E-state index is 0.130. The van der Waals surface area contributed by atoms with E-state index in [9.17, 15) is 9.59 Å². The van der Waals surface area contributed by atoms with E-state index in [0.717, 1.165) is 16.5 Å². The number of fused-ring (bicyclic) bond motifs is 2. The van der Waals surface area contributed by atoms with E-state index in [1.807, 2.05) is 38.4 Å². The highest BCUT2D eigenvalue weighted by molar-refractivity contribution is 5.96. The number of esters is 1.